The third-order valence-electron chi connectivity index (χ3n) is 0.705. The number of nitrogens with zero attached hydrogens (tertiary/aromatic N) is 1. The van der Waals surface area contributed by atoms with E-state index in [1.165, 1.54) is 6.92 Å². The summed E-state index contributed by atoms with van der Waals surface area (Å²) in [4.78, 5) is 10.5. The molecule has 0 aliphatic heterocycles. The summed E-state index contributed by atoms with van der Waals surface area (Å²) in [5.74, 6) is -0.377. The smallest absolute Gasteiger partial charge is 0.311 e. The fourth-order valence-electron chi connectivity index (χ4n) is 0.421. The standard InChI is InChI=1S/C6H10NO2/c1-3-9-6(8)4-5(2)7/h3-4H2,1-2H3. The maximum Gasteiger partial charge on any atom is 0.311 e. The molecule has 0 heterocycles. The molecule has 0 aromatic carbocycles. The van der Waals surface area contributed by atoms with Crippen molar-refractivity contribution in [2.24, 2.45) is 0 Å². The van der Waals surface area contributed by atoms with E-state index in [1.54, 1.807) is 6.92 Å². The first-order chi connectivity index (χ1) is 4.16. The number of carbonyl (C=O) groups is 1. The van der Waals surface area contributed by atoms with Gasteiger partial charge in [0.25, 0.3) is 0 Å². The Morgan fingerprint density at radius 3 is 2.56 bits per heavy atom. The summed E-state index contributed by atoms with van der Waals surface area (Å²) in [5.41, 5.74) is 0.0912. The van der Waals surface area contributed by atoms with Crippen molar-refractivity contribution in [1.29, 1.82) is 0 Å². The molecule has 3 nitrogen and oxygen atoms in total. The molecule has 0 saturated carbocycles. The number of rotatable bonds is 3. The highest BCUT2D eigenvalue weighted by Gasteiger charge is 2.01. The van der Waals surface area contributed by atoms with Crippen LogP contribution in [-0.4, -0.2) is 18.3 Å². The minimum Gasteiger partial charge on any atom is -0.466 e. The van der Waals surface area contributed by atoms with Crippen LogP contribution in [0.2, 0.25) is 0 Å². The second kappa shape index (κ2) is 4.06. The van der Waals surface area contributed by atoms with E-state index >= 15 is 0 Å². The van der Waals surface area contributed by atoms with Gasteiger partial charge >= 0.3 is 5.97 Å². The normalized spacial score (nSPS) is 8.67. The molecule has 0 saturated heterocycles. The van der Waals surface area contributed by atoms with Crippen LogP contribution in [0, 0.1) is 0 Å². The maximum atomic E-state index is 10.5. The molecular weight excluding hydrogens is 118 g/mol. The summed E-state index contributed by atoms with van der Waals surface area (Å²) in [5, 5.41) is 8.57. The van der Waals surface area contributed by atoms with Crippen molar-refractivity contribution >= 4 is 11.7 Å². The summed E-state index contributed by atoms with van der Waals surface area (Å²) in [6, 6.07) is 0. The third kappa shape index (κ3) is 5.00. The zero-order valence-corrected chi connectivity index (χ0v) is 5.68. The quantitative estimate of drug-likeness (QED) is 0.402. The number of esters is 1. The van der Waals surface area contributed by atoms with Gasteiger partial charge in [-0.25, -0.2) is 0 Å². The van der Waals surface area contributed by atoms with E-state index < -0.39 is 0 Å². The molecule has 0 spiro atoms. The van der Waals surface area contributed by atoms with Gasteiger partial charge in [-0.1, -0.05) is 0 Å². The lowest BCUT2D eigenvalue weighted by atomic mass is 10.3. The van der Waals surface area contributed by atoms with Crippen LogP contribution in [0.4, 0.5) is 0 Å². The molecule has 0 rings (SSSR count). The molecule has 0 aliphatic carbocycles. The summed E-state index contributed by atoms with van der Waals surface area (Å²) in [6.07, 6.45) is 0.00778. The SMILES string of the molecule is CCOC(=O)CC(C)=[N]. The van der Waals surface area contributed by atoms with Crippen LogP contribution in [-0.2, 0) is 9.53 Å². The van der Waals surface area contributed by atoms with Gasteiger partial charge in [0.2, 0.25) is 0 Å². The van der Waals surface area contributed by atoms with E-state index in [1.807, 2.05) is 0 Å². The molecule has 0 N–H and O–H groups in total. The molecule has 0 unspecified atom stereocenters. The van der Waals surface area contributed by atoms with Gasteiger partial charge in [-0.15, -0.1) is 0 Å². The molecule has 0 amide bonds. The Morgan fingerprint density at radius 1 is 1.67 bits per heavy atom. The number of hydrogen-bond acceptors (Lipinski definition) is 2. The van der Waals surface area contributed by atoms with Crippen molar-refractivity contribution in [3.63, 3.8) is 0 Å². The highest BCUT2D eigenvalue weighted by atomic mass is 16.5. The van der Waals surface area contributed by atoms with Crippen LogP contribution < -0.4 is 5.41 Å². The van der Waals surface area contributed by atoms with Crippen LogP contribution in [0.1, 0.15) is 20.3 Å². The summed E-state index contributed by atoms with van der Waals surface area (Å²) < 4.78 is 4.53. The Hall–Kier alpha value is -0.860. The Morgan fingerprint density at radius 2 is 2.22 bits per heavy atom. The van der Waals surface area contributed by atoms with Gasteiger partial charge in [0.15, 0.2) is 0 Å². The highest BCUT2D eigenvalue weighted by Crippen LogP contribution is 1.85. The lowest BCUT2D eigenvalue weighted by Gasteiger charge is -1.97. The highest BCUT2D eigenvalue weighted by molar-refractivity contribution is 5.96. The maximum absolute atomic E-state index is 10.5. The minimum absolute atomic E-state index is 0.00778. The monoisotopic (exact) mass is 128 g/mol. The van der Waals surface area contributed by atoms with Crippen molar-refractivity contribution in [2.45, 2.75) is 20.3 Å². The van der Waals surface area contributed by atoms with Gasteiger partial charge in [0, 0.05) is 5.71 Å². The van der Waals surface area contributed by atoms with Crippen molar-refractivity contribution in [3.8, 4) is 0 Å². The number of hydrogen-bond donors (Lipinski definition) is 0. The third-order valence-corrected chi connectivity index (χ3v) is 0.705. The lowest BCUT2D eigenvalue weighted by molar-refractivity contribution is -0.141. The van der Waals surface area contributed by atoms with Crippen molar-refractivity contribution < 1.29 is 9.53 Å². The summed E-state index contributed by atoms with van der Waals surface area (Å²) >= 11 is 0. The molecule has 0 fully saturated rings. The van der Waals surface area contributed by atoms with Crippen molar-refractivity contribution in [1.82, 2.24) is 5.41 Å². The van der Waals surface area contributed by atoms with Gasteiger partial charge in [0.1, 0.15) is 0 Å². The molecule has 9 heavy (non-hydrogen) atoms. The van der Waals surface area contributed by atoms with Gasteiger partial charge in [-0.05, 0) is 13.8 Å². The average molecular weight is 128 g/mol. The topological polar surface area (TPSA) is 48.6 Å². The van der Waals surface area contributed by atoms with Gasteiger partial charge in [-0.3, -0.25) is 4.79 Å². The largest absolute Gasteiger partial charge is 0.466 e. The first kappa shape index (κ1) is 8.14. The Kier molecular flexibility index (Phi) is 3.67. The molecule has 1 radical (unpaired) electrons. The second-order valence-electron chi connectivity index (χ2n) is 1.72. The van der Waals surface area contributed by atoms with E-state index in [2.05, 4.69) is 4.74 Å². The molecule has 51 valence electrons. The molecule has 0 bridgehead atoms. The average Bonchev–Trinajstić information content (AvgIpc) is 1.63. The van der Waals surface area contributed by atoms with E-state index in [-0.39, 0.29) is 18.1 Å². The molecule has 0 aromatic rings. The Balaban J connectivity index is 3.39. The fraction of sp³-hybridized carbons (Fsp3) is 0.667. The predicted octanol–water partition coefficient (Wildman–Crippen LogP) is 0.201. The van der Waals surface area contributed by atoms with Gasteiger partial charge < -0.3 is 4.74 Å². The fourth-order valence-corrected chi connectivity index (χ4v) is 0.421. The summed E-state index contributed by atoms with van der Waals surface area (Å²) in [6.45, 7) is 3.56. The molecule has 3 heteroatoms. The molecule has 0 aliphatic rings. The van der Waals surface area contributed by atoms with Crippen molar-refractivity contribution in [2.75, 3.05) is 6.61 Å². The number of carbonyl (C=O) groups excluding carboxylic acids is 1. The van der Waals surface area contributed by atoms with E-state index in [4.69, 9.17) is 5.41 Å². The van der Waals surface area contributed by atoms with Gasteiger partial charge in [-0.2, -0.15) is 5.41 Å². The van der Waals surface area contributed by atoms with Crippen LogP contribution >= 0.6 is 0 Å². The Labute approximate surface area is 54.5 Å². The van der Waals surface area contributed by atoms with Crippen LogP contribution in [0.25, 0.3) is 0 Å². The zero-order valence-electron chi connectivity index (χ0n) is 5.68. The molecule has 0 aromatic heterocycles. The predicted molar refractivity (Wildman–Crippen MR) is 34.1 cm³/mol. The summed E-state index contributed by atoms with van der Waals surface area (Å²) in [7, 11) is 0. The van der Waals surface area contributed by atoms with E-state index in [0.29, 0.717) is 6.61 Å². The second-order valence-corrected chi connectivity index (χ2v) is 1.72. The van der Waals surface area contributed by atoms with Gasteiger partial charge in [0.05, 0.1) is 13.0 Å². The molecule has 0 atom stereocenters. The first-order valence-corrected chi connectivity index (χ1v) is 2.83. The van der Waals surface area contributed by atoms with Crippen LogP contribution in [0.3, 0.4) is 0 Å². The van der Waals surface area contributed by atoms with E-state index in [0.717, 1.165) is 0 Å². The zero-order chi connectivity index (χ0) is 7.28. The van der Waals surface area contributed by atoms with Crippen molar-refractivity contribution in [3.05, 3.63) is 0 Å². The lowest BCUT2D eigenvalue weighted by Crippen LogP contribution is -2.08. The number of ether oxygens (including phenoxy) is 1. The first-order valence-electron chi connectivity index (χ1n) is 2.83. The van der Waals surface area contributed by atoms with Crippen LogP contribution in [0.5, 0.6) is 0 Å². The minimum atomic E-state index is -0.377. The van der Waals surface area contributed by atoms with E-state index in [9.17, 15) is 4.79 Å². The van der Waals surface area contributed by atoms with Crippen LogP contribution in [0.15, 0.2) is 0 Å². The molecular formula is C6H10NO2. The Bertz CT molecular complexity index is 120.